The molecule has 0 aromatic carbocycles. The normalized spacial score (nSPS) is 42.9. The molecule has 50 heavy (non-hydrogen) atoms. The van der Waals surface area contributed by atoms with Gasteiger partial charge in [-0.05, 0) is 101 Å². The Bertz CT molecular complexity index is 1560. The van der Waals surface area contributed by atoms with E-state index in [0.717, 1.165) is 25.7 Å². The molecule has 0 unspecified atom stereocenters. The smallest absolute Gasteiger partial charge is 0.481 e. The van der Waals surface area contributed by atoms with Crippen molar-refractivity contribution in [3.8, 4) is 0 Å². The lowest BCUT2D eigenvalue weighted by Crippen LogP contribution is -2.69. The van der Waals surface area contributed by atoms with Gasteiger partial charge in [0, 0.05) is 37.4 Å². The molecule has 4 aliphatic carbocycles. The molecule has 3 saturated carbocycles. The van der Waals surface area contributed by atoms with Gasteiger partial charge in [-0.25, -0.2) is 0 Å². The first-order valence-corrected chi connectivity index (χ1v) is 19.6. The molecule has 2 heterocycles. The molecule has 0 radical (unpaired) electrons. The molecule has 0 spiro atoms. The van der Waals surface area contributed by atoms with Crippen LogP contribution in [-0.2, 0) is 14.3 Å². The maximum atomic E-state index is 13.5. The van der Waals surface area contributed by atoms with Crippen molar-refractivity contribution in [2.24, 2.45) is 68.3 Å². The third kappa shape index (κ3) is 5.22. The van der Waals surface area contributed by atoms with Crippen LogP contribution in [0.5, 0.6) is 0 Å². The van der Waals surface area contributed by atoms with Crippen LogP contribution in [0.2, 0.25) is 0 Å². The fraction of sp³-hybridized carbons (Fsp3) is 0.868. The minimum atomic E-state index is -0.672. The Labute approximate surface area is 306 Å². The Balaban J connectivity index is 1.48. The number of nitrogens with two attached hydrogens (primary N) is 1. The van der Waals surface area contributed by atoms with Crippen molar-refractivity contribution in [2.75, 3.05) is 19.8 Å². The minimum absolute atomic E-state index is 0.173. The number of carbonyl (C=O) groups is 1. The first kappa shape index (κ1) is 37.9. The molecule has 1 aromatic heterocycles. The Morgan fingerprint density at radius 3 is 2.44 bits per heavy atom. The van der Waals surface area contributed by atoms with Crippen molar-refractivity contribution in [1.29, 1.82) is 0 Å². The number of allylic oxidation sites excluding steroid dienone is 1. The summed E-state index contributed by atoms with van der Waals surface area (Å²) in [6.07, 6.45) is 7.17. The average Bonchev–Trinajstić information content (AvgIpc) is 3.41. The highest BCUT2D eigenvalue weighted by Gasteiger charge is 2.72. The second kappa shape index (κ2) is 12.3. The third-order valence-corrected chi connectivity index (χ3v) is 16.6. The monoisotopic (exact) mass is 761 g/mol. The first-order valence-electron chi connectivity index (χ1n) is 18.8. The van der Waals surface area contributed by atoms with Crippen molar-refractivity contribution >= 4 is 27.8 Å². The lowest BCUT2D eigenvalue weighted by Gasteiger charge is -2.71. The van der Waals surface area contributed by atoms with Crippen molar-refractivity contribution in [1.82, 2.24) is 14.8 Å². The summed E-state index contributed by atoms with van der Waals surface area (Å²) < 4.78 is 15.6. The second-order valence-electron chi connectivity index (χ2n) is 18.9. The fourth-order valence-corrected chi connectivity index (χ4v) is 12.6. The number of ether oxygens (including phenoxy) is 2. The van der Waals surface area contributed by atoms with Crippen LogP contribution in [0, 0.1) is 72.7 Å². The Morgan fingerprint density at radius 1 is 1.18 bits per heavy atom. The van der Waals surface area contributed by atoms with Gasteiger partial charge in [-0.15, -0.1) is 0 Å². The number of hydrogen-bond acceptors (Lipinski definition) is 8. The topological polar surface area (TPSA) is 156 Å². The van der Waals surface area contributed by atoms with Gasteiger partial charge >= 0.3 is 11.9 Å². The van der Waals surface area contributed by atoms with Gasteiger partial charge < -0.3 is 30.4 Å². The zero-order valence-electron chi connectivity index (χ0n) is 31.8. The van der Waals surface area contributed by atoms with Crippen molar-refractivity contribution in [3.05, 3.63) is 26.5 Å². The van der Waals surface area contributed by atoms with E-state index in [1.807, 2.05) is 6.92 Å². The van der Waals surface area contributed by atoms with E-state index in [-0.39, 0.29) is 52.1 Å². The van der Waals surface area contributed by atoms with Gasteiger partial charge in [-0.3, -0.25) is 4.79 Å². The van der Waals surface area contributed by atoms with Crippen LogP contribution < -0.4 is 5.73 Å². The molecule has 1 aromatic rings. The first-order chi connectivity index (χ1) is 23.1. The van der Waals surface area contributed by atoms with Gasteiger partial charge in [-0.1, -0.05) is 74.0 Å². The number of nitro groups is 1. The molecule has 2 bridgehead atoms. The zero-order chi connectivity index (χ0) is 37.0. The molecular weight excluding hydrogens is 702 g/mol. The van der Waals surface area contributed by atoms with Gasteiger partial charge in [0.1, 0.15) is 0 Å². The molecule has 280 valence electrons. The third-order valence-electron chi connectivity index (χ3n) is 16.0. The van der Waals surface area contributed by atoms with E-state index < -0.39 is 39.1 Å². The number of halogens is 1. The summed E-state index contributed by atoms with van der Waals surface area (Å²) in [6, 6.07) is -0.368. The van der Waals surface area contributed by atoms with E-state index >= 15 is 0 Å². The van der Waals surface area contributed by atoms with Crippen LogP contribution in [-0.4, -0.2) is 62.2 Å². The summed E-state index contributed by atoms with van der Waals surface area (Å²) >= 11 is 3.53. The molecule has 12 heteroatoms. The molecule has 3 N–H and O–H groups in total. The SMILES string of the molecule is CC(C)[C@@H](C)[C@@]1(C)CC[C@]2(C)[C@H]3CC[C@@H]4[C@@]5(COC[C@]4(C)[C@@H](OC[C@](C)(N)C(C)C)[C@H](n4nc([N+](=O)[O-])nc4Br)C5)C3=CC[C@@]2(C)[C@@H]1C(=O)O. The van der Waals surface area contributed by atoms with Gasteiger partial charge in [-0.2, -0.15) is 4.68 Å². The van der Waals surface area contributed by atoms with Gasteiger partial charge in [0.2, 0.25) is 0 Å². The standard InChI is InChI=1S/C38H60BrN5O6/c1-21(2)23(5)33(6)15-16-35(8)24-11-12-27-34(7)18-49-20-38(27,25(24)13-14-36(35,9)28(33)30(45)46)17-26(29(34)50-19-37(10,40)22(3)4)43-31(39)41-32(42-43)44(47)48/h13,21-24,26-29H,11-12,14-20,40H2,1-10H3,(H,45,46)/t23-,24+,26-,27+,28-,29+,33-,34+,35-,36+,37+,38+/m1/s1. The lowest BCUT2D eigenvalue weighted by atomic mass is 9.34. The highest BCUT2D eigenvalue weighted by atomic mass is 79.9. The van der Waals surface area contributed by atoms with Gasteiger partial charge in [0.25, 0.3) is 4.73 Å². The van der Waals surface area contributed by atoms with Gasteiger partial charge in [0.15, 0.2) is 0 Å². The zero-order valence-corrected chi connectivity index (χ0v) is 33.4. The summed E-state index contributed by atoms with van der Waals surface area (Å²) in [7, 11) is 0. The van der Waals surface area contributed by atoms with Crippen molar-refractivity contribution < 1.29 is 24.3 Å². The number of carboxylic acids is 1. The Hall–Kier alpha value is -1.89. The predicted octanol–water partition coefficient (Wildman–Crippen LogP) is 7.84. The molecular formula is C38H60BrN5O6. The summed E-state index contributed by atoms with van der Waals surface area (Å²) in [4.78, 5) is 29.0. The summed E-state index contributed by atoms with van der Waals surface area (Å²) in [5, 5.41) is 27.4. The Morgan fingerprint density at radius 2 is 1.86 bits per heavy atom. The van der Waals surface area contributed by atoms with Crippen LogP contribution in [0.4, 0.5) is 5.95 Å². The number of carboxylic acid groups (broad SMARTS) is 1. The predicted molar refractivity (Wildman–Crippen MR) is 194 cm³/mol. The van der Waals surface area contributed by atoms with E-state index in [4.69, 9.17) is 15.2 Å². The molecule has 5 aliphatic rings. The van der Waals surface area contributed by atoms with Crippen LogP contribution in [0.3, 0.4) is 0 Å². The molecule has 11 nitrogen and oxygen atoms in total. The van der Waals surface area contributed by atoms with Crippen LogP contribution in [0.15, 0.2) is 16.4 Å². The van der Waals surface area contributed by atoms with Crippen LogP contribution in [0.1, 0.15) is 114 Å². The summed E-state index contributed by atoms with van der Waals surface area (Å²) in [5.74, 6) is -0.327. The summed E-state index contributed by atoms with van der Waals surface area (Å²) in [6.45, 7) is 23.4. The van der Waals surface area contributed by atoms with Crippen LogP contribution in [0.25, 0.3) is 0 Å². The number of hydrogen-bond donors (Lipinski definition) is 2. The van der Waals surface area contributed by atoms with E-state index in [9.17, 15) is 20.0 Å². The number of aliphatic carboxylic acids is 1. The summed E-state index contributed by atoms with van der Waals surface area (Å²) in [5.41, 5.74) is 5.80. The van der Waals surface area contributed by atoms with E-state index in [1.165, 1.54) is 5.57 Å². The van der Waals surface area contributed by atoms with Crippen molar-refractivity contribution in [3.63, 3.8) is 0 Å². The van der Waals surface area contributed by atoms with E-state index in [1.54, 1.807) is 4.68 Å². The average molecular weight is 763 g/mol. The molecule has 4 fully saturated rings. The lowest BCUT2D eigenvalue weighted by molar-refractivity contribution is -0.394. The quantitative estimate of drug-likeness (QED) is 0.145. The number of fused-ring (bicyclic) bond motifs is 3. The molecule has 1 aliphatic heterocycles. The highest BCUT2D eigenvalue weighted by Crippen LogP contribution is 2.75. The molecule has 0 amide bonds. The number of nitrogens with zero attached hydrogens (tertiary/aromatic N) is 4. The number of rotatable bonds is 9. The van der Waals surface area contributed by atoms with Crippen molar-refractivity contribution in [2.45, 2.75) is 125 Å². The fourth-order valence-electron chi connectivity index (χ4n) is 12.1. The minimum Gasteiger partial charge on any atom is -0.481 e. The largest absolute Gasteiger partial charge is 0.492 e. The van der Waals surface area contributed by atoms with E-state index in [0.29, 0.717) is 43.3 Å². The molecule has 6 rings (SSSR count). The Kier molecular flexibility index (Phi) is 9.34. The number of aromatic nitrogens is 3. The molecule has 1 saturated heterocycles. The maximum Gasteiger partial charge on any atom is 0.492 e. The van der Waals surface area contributed by atoms with Gasteiger partial charge in [0.05, 0.1) is 37.9 Å². The maximum absolute atomic E-state index is 13.5. The van der Waals surface area contributed by atoms with E-state index in [2.05, 4.69) is 94.4 Å². The molecule has 12 atom stereocenters. The highest BCUT2D eigenvalue weighted by molar-refractivity contribution is 9.10. The second-order valence-corrected chi connectivity index (χ2v) is 19.6. The van der Waals surface area contributed by atoms with Crippen LogP contribution >= 0.6 is 15.9 Å².